The smallest absolute Gasteiger partial charge is 0.373 e. The number of aromatic amines is 1. The van der Waals surface area contributed by atoms with Crippen molar-refractivity contribution in [1.29, 1.82) is 0 Å². The van der Waals surface area contributed by atoms with Crippen LogP contribution in [-0.4, -0.2) is 25.8 Å². The van der Waals surface area contributed by atoms with E-state index in [1.165, 1.54) is 0 Å². The second-order valence-electron chi connectivity index (χ2n) is 1.90. The molecule has 11 heavy (non-hydrogen) atoms. The van der Waals surface area contributed by atoms with E-state index in [0.29, 0.717) is 6.54 Å². The predicted molar refractivity (Wildman–Crippen MR) is 35.5 cm³/mol. The average molecular weight is 157 g/mol. The molecule has 0 unspecified atom stereocenters. The molecule has 0 atom stereocenters. The molecule has 0 saturated carbocycles. The summed E-state index contributed by atoms with van der Waals surface area (Å²) in [5, 5.41) is 11.8. The first-order chi connectivity index (χ1) is 5.15. The number of nitrogens with one attached hydrogen (secondary N) is 1. The van der Waals surface area contributed by atoms with E-state index in [1.54, 1.807) is 6.92 Å². The van der Waals surface area contributed by atoms with Gasteiger partial charge >= 0.3 is 11.7 Å². The zero-order valence-electron chi connectivity index (χ0n) is 5.87. The molecule has 1 rings (SSSR count). The number of hydrogen-bond donors (Lipinski definition) is 2. The molecular weight excluding hydrogens is 150 g/mol. The van der Waals surface area contributed by atoms with Crippen LogP contribution in [0.3, 0.4) is 0 Å². The summed E-state index contributed by atoms with van der Waals surface area (Å²) in [6.45, 7) is 2.07. The van der Waals surface area contributed by atoms with Crippen molar-refractivity contribution in [3.05, 3.63) is 16.3 Å². The first-order valence-electron chi connectivity index (χ1n) is 3.05. The van der Waals surface area contributed by atoms with Crippen molar-refractivity contribution >= 4 is 5.97 Å². The number of H-pyrrole nitrogens is 1. The Kier molecular flexibility index (Phi) is 1.75. The average Bonchev–Trinajstić information content (AvgIpc) is 2.31. The van der Waals surface area contributed by atoms with Crippen LogP contribution in [0.15, 0.2) is 4.79 Å². The van der Waals surface area contributed by atoms with Gasteiger partial charge in [-0.05, 0) is 6.92 Å². The number of nitrogens with zero attached hydrogens (tertiary/aromatic N) is 2. The third kappa shape index (κ3) is 1.28. The number of hydrogen-bond acceptors (Lipinski definition) is 3. The van der Waals surface area contributed by atoms with Gasteiger partial charge in [0, 0.05) is 6.54 Å². The Hall–Kier alpha value is -1.59. The summed E-state index contributed by atoms with van der Waals surface area (Å²) in [5.41, 5.74) is -0.495. The lowest BCUT2D eigenvalue weighted by Gasteiger charge is -1.86. The highest BCUT2D eigenvalue weighted by atomic mass is 16.4. The fourth-order valence-electron chi connectivity index (χ4n) is 0.667. The minimum atomic E-state index is -1.23. The van der Waals surface area contributed by atoms with Gasteiger partial charge in [-0.3, -0.25) is 4.98 Å². The third-order valence-corrected chi connectivity index (χ3v) is 1.18. The van der Waals surface area contributed by atoms with Crippen LogP contribution in [0, 0.1) is 0 Å². The van der Waals surface area contributed by atoms with E-state index in [-0.39, 0.29) is 5.82 Å². The van der Waals surface area contributed by atoms with Crippen LogP contribution in [-0.2, 0) is 6.54 Å². The second-order valence-corrected chi connectivity index (χ2v) is 1.90. The highest BCUT2D eigenvalue weighted by Crippen LogP contribution is 1.83. The normalized spacial score (nSPS) is 9.91. The highest BCUT2D eigenvalue weighted by Gasteiger charge is 2.09. The van der Waals surface area contributed by atoms with Crippen molar-refractivity contribution < 1.29 is 9.90 Å². The number of rotatable bonds is 2. The van der Waals surface area contributed by atoms with Gasteiger partial charge < -0.3 is 5.11 Å². The zero-order chi connectivity index (χ0) is 8.43. The molecule has 1 aromatic rings. The number of carboxylic acids is 1. The summed E-state index contributed by atoms with van der Waals surface area (Å²) in [4.78, 5) is 23.1. The van der Waals surface area contributed by atoms with E-state index in [1.807, 2.05) is 0 Å². The van der Waals surface area contributed by atoms with Crippen LogP contribution < -0.4 is 5.69 Å². The number of carbonyl (C=O) groups is 1. The monoisotopic (exact) mass is 157 g/mol. The summed E-state index contributed by atoms with van der Waals surface area (Å²) in [6, 6.07) is 0. The van der Waals surface area contributed by atoms with E-state index < -0.39 is 11.7 Å². The maximum absolute atomic E-state index is 10.8. The van der Waals surface area contributed by atoms with Gasteiger partial charge in [-0.25, -0.2) is 14.3 Å². The first kappa shape index (κ1) is 7.52. The van der Waals surface area contributed by atoms with Gasteiger partial charge in [0.1, 0.15) is 0 Å². The van der Waals surface area contributed by atoms with E-state index in [0.717, 1.165) is 4.68 Å². The van der Waals surface area contributed by atoms with Crippen molar-refractivity contribution in [2.24, 2.45) is 0 Å². The summed E-state index contributed by atoms with van der Waals surface area (Å²) in [7, 11) is 0. The molecule has 0 radical (unpaired) electrons. The molecule has 0 fully saturated rings. The van der Waals surface area contributed by atoms with E-state index in [9.17, 15) is 9.59 Å². The molecule has 6 heteroatoms. The number of aryl methyl sites for hydroxylation is 1. The van der Waals surface area contributed by atoms with E-state index >= 15 is 0 Å². The Balaban J connectivity index is 3.15. The quantitative estimate of drug-likeness (QED) is 0.593. The largest absolute Gasteiger partial charge is 0.475 e. The highest BCUT2D eigenvalue weighted by molar-refractivity contribution is 5.82. The molecule has 60 valence electrons. The molecule has 0 bridgehead atoms. The predicted octanol–water partition coefficient (Wildman–Crippen LogP) is -0.710. The molecule has 1 heterocycles. The van der Waals surface area contributed by atoms with Crippen molar-refractivity contribution in [2.45, 2.75) is 13.5 Å². The SMILES string of the molecule is CCn1nc(C(=O)O)[nH]c1=O. The maximum Gasteiger partial charge on any atom is 0.373 e. The molecule has 6 nitrogen and oxygen atoms in total. The zero-order valence-corrected chi connectivity index (χ0v) is 5.87. The standard InChI is InChI=1S/C5H7N3O3/c1-2-8-5(11)6-3(7-8)4(9)10/h2H2,1H3,(H,9,10)(H,6,7,11). The minimum absolute atomic E-state index is 0.322. The molecule has 0 aliphatic heterocycles. The molecule has 0 aliphatic carbocycles. The Bertz CT molecular complexity index is 324. The lowest BCUT2D eigenvalue weighted by Crippen LogP contribution is -2.16. The molecule has 2 N–H and O–H groups in total. The van der Waals surface area contributed by atoms with E-state index in [4.69, 9.17) is 5.11 Å². The lowest BCUT2D eigenvalue weighted by molar-refractivity contribution is 0.0683. The Labute approximate surface area is 61.5 Å². The summed E-state index contributed by atoms with van der Waals surface area (Å²) >= 11 is 0. The van der Waals surface area contributed by atoms with Gasteiger partial charge in [0.2, 0.25) is 5.82 Å². The van der Waals surface area contributed by atoms with Crippen molar-refractivity contribution in [2.75, 3.05) is 0 Å². The van der Waals surface area contributed by atoms with Crippen molar-refractivity contribution in [3.63, 3.8) is 0 Å². The van der Waals surface area contributed by atoms with Crippen LogP contribution in [0.25, 0.3) is 0 Å². The van der Waals surface area contributed by atoms with Crippen molar-refractivity contribution in [1.82, 2.24) is 14.8 Å². The number of carboxylic acid groups (broad SMARTS) is 1. The lowest BCUT2D eigenvalue weighted by atomic mass is 10.7. The van der Waals surface area contributed by atoms with Gasteiger partial charge in [-0.1, -0.05) is 0 Å². The van der Waals surface area contributed by atoms with Gasteiger partial charge in [0.25, 0.3) is 0 Å². The molecular formula is C5H7N3O3. The van der Waals surface area contributed by atoms with Gasteiger partial charge in [-0.15, -0.1) is 5.10 Å². The molecule has 0 spiro atoms. The minimum Gasteiger partial charge on any atom is -0.475 e. The van der Waals surface area contributed by atoms with Crippen LogP contribution in [0.4, 0.5) is 0 Å². The Morgan fingerprint density at radius 1 is 1.82 bits per heavy atom. The fraction of sp³-hybridized carbons (Fsp3) is 0.400. The second kappa shape index (κ2) is 2.57. The number of aromatic nitrogens is 3. The Morgan fingerprint density at radius 3 is 2.73 bits per heavy atom. The van der Waals surface area contributed by atoms with Crippen molar-refractivity contribution in [3.8, 4) is 0 Å². The summed E-state index contributed by atoms with van der Waals surface area (Å²) in [6.07, 6.45) is 0. The third-order valence-electron chi connectivity index (χ3n) is 1.18. The maximum atomic E-state index is 10.8. The van der Waals surface area contributed by atoms with Gasteiger partial charge in [-0.2, -0.15) is 0 Å². The number of aromatic carboxylic acids is 1. The molecule has 1 aromatic heterocycles. The fourth-order valence-corrected chi connectivity index (χ4v) is 0.667. The first-order valence-corrected chi connectivity index (χ1v) is 3.05. The topological polar surface area (TPSA) is 88.0 Å². The molecule has 0 aliphatic rings. The van der Waals surface area contributed by atoms with Crippen LogP contribution in [0.1, 0.15) is 17.5 Å². The summed E-state index contributed by atoms with van der Waals surface area (Å²) in [5.74, 6) is -1.55. The van der Waals surface area contributed by atoms with Crippen LogP contribution in [0.2, 0.25) is 0 Å². The van der Waals surface area contributed by atoms with E-state index in [2.05, 4.69) is 10.1 Å². The summed E-state index contributed by atoms with van der Waals surface area (Å²) < 4.78 is 1.05. The van der Waals surface area contributed by atoms with Gasteiger partial charge in [0.15, 0.2) is 0 Å². The molecule has 0 amide bonds. The molecule has 0 aromatic carbocycles. The molecule has 0 saturated heterocycles. The van der Waals surface area contributed by atoms with Crippen LogP contribution in [0.5, 0.6) is 0 Å². The van der Waals surface area contributed by atoms with Crippen LogP contribution >= 0.6 is 0 Å². The Morgan fingerprint density at radius 2 is 2.45 bits per heavy atom. The van der Waals surface area contributed by atoms with Gasteiger partial charge in [0.05, 0.1) is 0 Å².